The van der Waals surface area contributed by atoms with Crippen LogP contribution in [-0.4, -0.2) is 70.9 Å². The Morgan fingerprint density at radius 3 is 2.50 bits per heavy atom. The van der Waals surface area contributed by atoms with E-state index in [1.807, 2.05) is 38.7 Å². The molecule has 0 saturated carbocycles. The monoisotopic (exact) mass is 592 g/mol. The van der Waals surface area contributed by atoms with Crippen molar-refractivity contribution in [2.75, 3.05) is 43.8 Å². The second-order valence-electron chi connectivity index (χ2n) is 12.8. The van der Waals surface area contributed by atoms with Gasteiger partial charge in [-0.25, -0.2) is 9.78 Å². The molecule has 3 heterocycles. The number of amides is 2. The molecule has 2 fully saturated rings. The van der Waals surface area contributed by atoms with Crippen LogP contribution in [0, 0.1) is 17.3 Å². The standard InChI is InChI=1S/C30H48N4O4S2/c1-9-24(29(3,4)5)37-21(2)20-39-25-17-31-27(40-25)32-26(35)23-12-15-33(16-13-23)18-22-11-10-14-34(19-22)28(36)38-30(6,7)8/h9,17,22-23H,2,10-16,18-20H2,1,3-8H3,(H,31,32,35). The molecule has 0 aliphatic carbocycles. The molecule has 0 spiro atoms. The smallest absolute Gasteiger partial charge is 0.410 e. The maximum Gasteiger partial charge on any atom is 0.410 e. The summed E-state index contributed by atoms with van der Waals surface area (Å²) in [7, 11) is 0. The van der Waals surface area contributed by atoms with Gasteiger partial charge in [0.1, 0.15) is 17.1 Å². The third-order valence-electron chi connectivity index (χ3n) is 6.99. The van der Waals surface area contributed by atoms with Gasteiger partial charge in [0, 0.05) is 31.0 Å². The van der Waals surface area contributed by atoms with E-state index in [0.717, 1.165) is 68.4 Å². The quantitative estimate of drug-likeness (QED) is 0.244. The van der Waals surface area contributed by atoms with Gasteiger partial charge in [0.25, 0.3) is 0 Å². The molecule has 0 bridgehead atoms. The van der Waals surface area contributed by atoms with Crippen molar-refractivity contribution in [3.8, 4) is 0 Å². The molecule has 2 amide bonds. The highest BCUT2D eigenvalue weighted by molar-refractivity contribution is 8.01. The van der Waals surface area contributed by atoms with Gasteiger partial charge in [0.05, 0.1) is 16.2 Å². The number of likely N-dealkylation sites (tertiary alicyclic amines) is 2. The molecule has 8 nitrogen and oxygen atoms in total. The maximum absolute atomic E-state index is 13.0. The van der Waals surface area contributed by atoms with Crippen LogP contribution >= 0.6 is 23.1 Å². The molecule has 1 atom stereocenters. The molecule has 224 valence electrons. The fourth-order valence-electron chi connectivity index (χ4n) is 5.02. The Bertz CT molecular complexity index is 1050. The van der Waals surface area contributed by atoms with Gasteiger partial charge in [-0.05, 0) is 78.5 Å². The van der Waals surface area contributed by atoms with E-state index < -0.39 is 5.60 Å². The summed E-state index contributed by atoms with van der Waals surface area (Å²) in [4.78, 5) is 34.2. The fraction of sp³-hybridized carbons (Fsp3) is 0.700. The van der Waals surface area contributed by atoms with Crippen LogP contribution in [0.5, 0.6) is 0 Å². The van der Waals surface area contributed by atoms with E-state index in [9.17, 15) is 9.59 Å². The number of hydrogen-bond acceptors (Lipinski definition) is 8. The number of aromatic nitrogens is 1. The molecule has 3 rings (SSSR count). The van der Waals surface area contributed by atoms with Crippen LogP contribution in [0.4, 0.5) is 9.93 Å². The highest BCUT2D eigenvalue weighted by Crippen LogP contribution is 2.33. The summed E-state index contributed by atoms with van der Waals surface area (Å²) < 4.78 is 12.5. The third-order valence-corrected chi connectivity index (χ3v) is 9.16. The normalized spacial score (nSPS) is 19.8. The zero-order chi connectivity index (χ0) is 29.5. The first-order valence-corrected chi connectivity index (χ1v) is 16.2. The lowest BCUT2D eigenvalue weighted by Crippen LogP contribution is -2.47. The second-order valence-corrected chi connectivity index (χ2v) is 15.1. The molecule has 0 radical (unpaired) electrons. The Hall–Kier alpha value is -2.04. The Morgan fingerprint density at radius 2 is 1.88 bits per heavy atom. The van der Waals surface area contributed by atoms with Gasteiger partial charge in [0.15, 0.2) is 5.13 Å². The summed E-state index contributed by atoms with van der Waals surface area (Å²) in [6.07, 6.45) is 7.36. The summed E-state index contributed by atoms with van der Waals surface area (Å²) in [5.41, 5.74) is -0.544. The van der Waals surface area contributed by atoms with E-state index in [0.29, 0.717) is 22.6 Å². The van der Waals surface area contributed by atoms with Crippen molar-refractivity contribution in [2.24, 2.45) is 17.3 Å². The number of anilines is 1. The van der Waals surface area contributed by atoms with Crippen LogP contribution in [0.1, 0.15) is 74.1 Å². The average Bonchev–Trinajstić information content (AvgIpc) is 3.32. The average molecular weight is 593 g/mol. The van der Waals surface area contributed by atoms with Crippen molar-refractivity contribution in [1.82, 2.24) is 14.8 Å². The predicted octanol–water partition coefficient (Wildman–Crippen LogP) is 7.01. The fourth-order valence-corrected chi connectivity index (χ4v) is 6.71. The Balaban J connectivity index is 1.38. The molecule has 1 N–H and O–H groups in total. The molecule has 1 aromatic heterocycles. The van der Waals surface area contributed by atoms with Crippen molar-refractivity contribution in [2.45, 2.75) is 84.0 Å². The minimum atomic E-state index is -0.474. The SMILES string of the molecule is C=C(CSc1cnc(NC(=O)C2CCN(CC3CCCN(C(=O)OC(C)(C)C)C3)CC2)s1)OC(=CC)C(C)(C)C. The summed E-state index contributed by atoms with van der Waals surface area (Å²) in [5.74, 6) is 2.71. The van der Waals surface area contributed by atoms with Gasteiger partial charge in [0.2, 0.25) is 5.91 Å². The van der Waals surface area contributed by atoms with Crippen LogP contribution in [0.3, 0.4) is 0 Å². The number of piperidine rings is 2. The predicted molar refractivity (Wildman–Crippen MR) is 165 cm³/mol. The molecule has 2 aliphatic rings. The lowest BCUT2D eigenvalue weighted by atomic mass is 9.93. The minimum Gasteiger partial charge on any atom is -0.466 e. The number of hydrogen-bond donors (Lipinski definition) is 1. The Labute approximate surface area is 248 Å². The number of carbonyl (C=O) groups is 2. The summed E-state index contributed by atoms with van der Waals surface area (Å²) >= 11 is 3.09. The van der Waals surface area contributed by atoms with Gasteiger partial charge < -0.3 is 24.6 Å². The number of thioether (sulfide) groups is 1. The number of nitrogens with zero attached hydrogens (tertiary/aromatic N) is 3. The second kappa shape index (κ2) is 14.2. The number of rotatable bonds is 9. The zero-order valence-corrected chi connectivity index (χ0v) is 27.0. The Kier molecular flexibility index (Phi) is 11.6. The number of carbonyl (C=O) groups excluding carboxylic acids is 2. The lowest BCUT2D eigenvalue weighted by Gasteiger charge is -2.38. The number of thiazole rings is 1. The molecule has 10 heteroatoms. The molecule has 2 aliphatic heterocycles. The van der Waals surface area contributed by atoms with Gasteiger partial charge in [-0.1, -0.05) is 38.7 Å². The number of allylic oxidation sites excluding steroid dienone is 2. The highest BCUT2D eigenvalue weighted by atomic mass is 32.2. The van der Waals surface area contributed by atoms with Crippen molar-refractivity contribution in [3.05, 3.63) is 30.4 Å². The van der Waals surface area contributed by atoms with Crippen LogP contribution in [-0.2, 0) is 14.3 Å². The molecule has 40 heavy (non-hydrogen) atoms. The maximum atomic E-state index is 13.0. The minimum absolute atomic E-state index is 0.00861. The van der Waals surface area contributed by atoms with Crippen LogP contribution in [0.25, 0.3) is 0 Å². The van der Waals surface area contributed by atoms with Gasteiger partial charge >= 0.3 is 6.09 Å². The first-order valence-electron chi connectivity index (χ1n) is 14.4. The zero-order valence-electron chi connectivity index (χ0n) is 25.4. The van der Waals surface area contributed by atoms with Crippen molar-refractivity contribution < 1.29 is 19.1 Å². The lowest BCUT2D eigenvalue weighted by molar-refractivity contribution is -0.121. The largest absolute Gasteiger partial charge is 0.466 e. The van der Waals surface area contributed by atoms with E-state index >= 15 is 0 Å². The van der Waals surface area contributed by atoms with Crippen molar-refractivity contribution in [1.29, 1.82) is 0 Å². The van der Waals surface area contributed by atoms with Crippen LogP contribution in [0.2, 0.25) is 0 Å². The molecule has 1 unspecified atom stereocenters. The van der Waals surface area contributed by atoms with E-state index in [1.165, 1.54) is 11.3 Å². The molecule has 1 aromatic rings. The molecule has 0 aromatic carbocycles. The van der Waals surface area contributed by atoms with E-state index in [-0.39, 0.29) is 23.3 Å². The highest BCUT2D eigenvalue weighted by Gasteiger charge is 2.31. The van der Waals surface area contributed by atoms with Crippen molar-refractivity contribution >= 4 is 40.2 Å². The first kappa shape index (κ1) is 32.5. The summed E-state index contributed by atoms with van der Waals surface area (Å²) in [6, 6.07) is 0. The van der Waals surface area contributed by atoms with Crippen LogP contribution in [0.15, 0.2) is 34.6 Å². The summed E-state index contributed by atoms with van der Waals surface area (Å²) in [6.45, 7) is 22.3. The van der Waals surface area contributed by atoms with E-state index in [4.69, 9.17) is 9.47 Å². The third kappa shape index (κ3) is 10.4. The van der Waals surface area contributed by atoms with E-state index in [1.54, 1.807) is 18.0 Å². The van der Waals surface area contributed by atoms with E-state index in [2.05, 4.69) is 42.6 Å². The number of nitrogens with one attached hydrogen (secondary N) is 1. The molecular formula is C30H48N4O4S2. The Morgan fingerprint density at radius 1 is 1.18 bits per heavy atom. The van der Waals surface area contributed by atoms with Gasteiger partial charge in [-0.3, -0.25) is 4.79 Å². The molecular weight excluding hydrogens is 544 g/mol. The topological polar surface area (TPSA) is 84.0 Å². The number of ether oxygens (including phenoxy) is 2. The van der Waals surface area contributed by atoms with Gasteiger partial charge in [-0.15, -0.1) is 11.8 Å². The van der Waals surface area contributed by atoms with Crippen LogP contribution < -0.4 is 5.32 Å². The van der Waals surface area contributed by atoms with Crippen molar-refractivity contribution in [3.63, 3.8) is 0 Å². The van der Waals surface area contributed by atoms with Gasteiger partial charge in [-0.2, -0.15) is 0 Å². The first-order chi connectivity index (χ1) is 18.7. The summed E-state index contributed by atoms with van der Waals surface area (Å²) in [5, 5.41) is 3.66. The molecule has 2 saturated heterocycles.